The second-order valence-corrected chi connectivity index (χ2v) is 21.9. The van der Waals surface area contributed by atoms with Crippen LogP contribution in [0.2, 0.25) is 0 Å². The quantitative estimate of drug-likeness (QED) is 0.268. The van der Waals surface area contributed by atoms with Crippen LogP contribution in [0, 0.1) is 69.0 Å². The van der Waals surface area contributed by atoms with E-state index in [0.29, 0.717) is 58.4 Å². The van der Waals surface area contributed by atoms with E-state index in [4.69, 9.17) is 0 Å². The van der Waals surface area contributed by atoms with Gasteiger partial charge in [-0.3, -0.25) is 9.59 Å². The van der Waals surface area contributed by atoms with E-state index in [-0.39, 0.29) is 10.8 Å². The molecule has 9 rings (SSSR count). The summed E-state index contributed by atoms with van der Waals surface area (Å²) in [4.78, 5) is 23.8. The van der Waals surface area contributed by atoms with Crippen molar-refractivity contribution in [1.29, 1.82) is 0 Å². The number of carbonyl (C=O) groups excluding carboxylic acids is 2. The third-order valence-corrected chi connectivity index (χ3v) is 17.8. The number of Topliss-reactive ketones (excluding diaryl/α,β-unsaturated/α-hetero) is 1. The molecule has 5 saturated carbocycles. The first kappa shape index (κ1) is 45.3. The highest BCUT2D eigenvalue weighted by atomic mass is 16.1. The van der Waals surface area contributed by atoms with Gasteiger partial charge in [0.15, 0.2) is 11.6 Å². The number of rotatable bonds is 3. The van der Waals surface area contributed by atoms with Gasteiger partial charge in [0.25, 0.3) is 0 Å². The van der Waals surface area contributed by atoms with Gasteiger partial charge in [-0.2, -0.15) is 0 Å². The lowest BCUT2D eigenvalue weighted by Crippen LogP contribution is -2.48. The van der Waals surface area contributed by atoms with Crippen LogP contribution in [0.3, 0.4) is 0 Å². The molecule has 0 aliphatic heterocycles. The Balaban J connectivity index is 0.000000147. The predicted molar refractivity (Wildman–Crippen MR) is 245 cm³/mol. The second kappa shape index (κ2) is 17.5. The lowest BCUT2D eigenvalue weighted by Gasteiger charge is -2.57. The van der Waals surface area contributed by atoms with Crippen molar-refractivity contribution >= 4 is 11.6 Å². The molecule has 9 aliphatic rings. The fraction of sp³-hybridized carbons (Fsp3) is 0.673. The van der Waals surface area contributed by atoms with E-state index >= 15 is 0 Å². The zero-order chi connectivity index (χ0) is 42.2. The Kier molecular flexibility index (Phi) is 13.9. The maximum atomic E-state index is 12.2. The average Bonchev–Trinajstić information content (AvgIpc) is 3.13. The summed E-state index contributed by atoms with van der Waals surface area (Å²) in [7, 11) is 0. The van der Waals surface area contributed by atoms with Crippen LogP contribution in [0.4, 0.5) is 0 Å². The number of hydrogen-bond donors (Lipinski definition) is 0. The molecular weight excluding hydrogens is 693 g/mol. The Labute approximate surface area is 350 Å². The first-order valence-corrected chi connectivity index (χ1v) is 23.0. The maximum absolute atomic E-state index is 12.2. The van der Waals surface area contributed by atoms with Crippen LogP contribution in [0.1, 0.15) is 166 Å². The summed E-state index contributed by atoms with van der Waals surface area (Å²) in [6, 6.07) is 0. The smallest absolute Gasteiger partial charge is 0.159 e. The Bertz CT molecular complexity index is 1740. The molecular formula is C55H82O2. The van der Waals surface area contributed by atoms with Gasteiger partial charge < -0.3 is 0 Å². The topological polar surface area (TPSA) is 34.1 Å². The molecule has 0 radical (unpaired) electrons. The summed E-state index contributed by atoms with van der Waals surface area (Å²) in [5.41, 5.74) is 10.8. The van der Waals surface area contributed by atoms with Gasteiger partial charge in [-0.1, -0.05) is 134 Å². The number of ketones is 2. The van der Waals surface area contributed by atoms with Gasteiger partial charge >= 0.3 is 0 Å². The van der Waals surface area contributed by atoms with Crippen molar-refractivity contribution in [3.8, 4) is 0 Å². The van der Waals surface area contributed by atoms with Crippen molar-refractivity contribution in [2.45, 2.75) is 166 Å². The van der Waals surface area contributed by atoms with Gasteiger partial charge in [0.1, 0.15) is 0 Å². The van der Waals surface area contributed by atoms with Crippen molar-refractivity contribution in [2.75, 3.05) is 0 Å². The Morgan fingerprint density at radius 3 is 1.89 bits per heavy atom. The Morgan fingerprint density at radius 1 is 0.684 bits per heavy atom. The lowest BCUT2D eigenvalue weighted by molar-refractivity contribution is -0.120. The average molecular weight is 775 g/mol. The Morgan fingerprint density at radius 2 is 1.32 bits per heavy atom. The van der Waals surface area contributed by atoms with Crippen LogP contribution in [0.25, 0.3) is 0 Å². The molecule has 0 heterocycles. The maximum Gasteiger partial charge on any atom is 0.159 e. The van der Waals surface area contributed by atoms with E-state index in [9.17, 15) is 9.59 Å². The van der Waals surface area contributed by atoms with Gasteiger partial charge in [-0.25, -0.2) is 0 Å². The molecule has 11 atom stereocenters. The first-order valence-electron chi connectivity index (χ1n) is 23.0. The van der Waals surface area contributed by atoms with Gasteiger partial charge in [0.2, 0.25) is 0 Å². The number of allylic oxidation sites excluding steroid dienone is 12. The first-order chi connectivity index (χ1) is 26.5. The summed E-state index contributed by atoms with van der Waals surface area (Å²) >= 11 is 0. The minimum absolute atomic E-state index is 0.108. The predicted octanol–water partition coefficient (Wildman–Crippen LogP) is 15.3. The molecule has 2 heteroatoms. The van der Waals surface area contributed by atoms with Crippen molar-refractivity contribution in [3.05, 3.63) is 95.7 Å². The van der Waals surface area contributed by atoms with Crippen LogP contribution in [-0.4, -0.2) is 11.6 Å². The van der Waals surface area contributed by atoms with Crippen LogP contribution >= 0.6 is 0 Å². The van der Waals surface area contributed by atoms with Crippen LogP contribution in [-0.2, 0) is 9.59 Å². The van der Waals surface area contributed by atoms with E-state index in [0.717, 1.165) is 49.0 Å². The monoisotopic (exact) mass is 775 g/mol. The molecule has 0 N–H and O–H groups in total. The van der Waals surface area contributed by atoms with E-state index in [1.165, 1.54) is 85.7 Å². The standard InChI is InChI=1S/2C15H22O.C15H22.C10H16/c1-10(2)12-5-6-13-8-14(16)7-11(3)15(13,4)9-12;1-10(2)12-8-14(16)13-7-5-6-11(3)15(13,4)9-12;1-11(2)13-8-9-14-7-5-6-12(3)15(14,4)10-13;1-7-4-5-8-6-9(7)10(8,2)3/h8,11-12H,1,5-7,9H2,2-4H3;7,11-12H,1,5-6,8-9H2,2-4H3;5,7,9,12-13H,1,6,8,10H2,2-4H3;8-9H,1,4-6H2,2-3H3/t2*11-,12+,15+;12-,13+,15+;8-,9-/m0000/s1. The van der Waals surface area contributed by atoms with E-state index in [1.54, 1.807) is 5.57 Å². The van der Waals surface area contributed by atoms with Crippen LogP contribution in [0.15, 0.2) is 95.7 Å². The normalized spacial score (nSPS) is 39.8. The molecule has 5 fully saturated rings. The van der Waals surface area contributed by atoms with Gasteiger partial charge in [0, 0.05) is 12.8 Å². The van der Waals surface area contributed by atoms with Crippen LogP contribution in [0.5, 0.6) is 0 Å². The zero-order valence-electron chi connectivity index (χ0n) is 38.5. The third-order valence-electron chi connectivity index (χ3n) is 17.8. The van der Waals surface area contributed by atoms with Crippen molar-refractivity contribution in [1.82, 2.24) is 0 Å². The van der Waals surface area contributed by atoms with Crippen molar-refractivity contribution in [3.63, 3.8) is 0 Å². The molecule has 0 amide bonds. The summed E-state index contributed by atoms with van der Waals surface area (Å²) < 4.78 is 0. The summed E-state index contributed by atoms with van der Waals surface area (Å²) in [6.07, 6.45) is 27.4. The van der Waals surface area contributed by atoms with E-state index in [1.807, 2.05) is 6.08 Å². The van der Waals surface area contributed by atoms with Gasteiger partial charge in [0.05, 0.1) is 0 Å². The highest BCUT2D eigenvalue weighted by Crippen LogP contribution is 2.61. The number of carbonyl (C=O) groups is 2. The number of hydrogen-bond acceptors (Lipinski definition) is 2. The molecule has 314 valence electrons. The van der Waals surface area contributed by atoms with E-state index in [2.05, 4.69) is 127 Å². The summed E-state index contributed by atoms with van der Waals surface area (Å²) in [5, 5.41) is 0. The van der Waals surface area contributed by atoms with Crippen molar-refractivity contribution in [2.24, 2.45) is 69.0 Å². The molecule has 0 unspecified atom stereocenters. The third kappa shape index (κ3) is 9.21. The fourth-order valence-corrected chi connectivity index (χ4v) is 12.3. The number of fused-ring (bicyclic) bond motifs is 5. The SMILES string of the molecule is C=C(C)[C@@H]1CC(=O)C2=CCC[C@H](C)[C@@]2(C)C1.C=C(C)[C@@H]1CC=C2C=CC[C@H](C)[C@@]2(C)C1.C=C(C)[C@@H]1CCC2=CC(=O)C[C@H](C)[C@@]2(C)C1.C=C1CC[C@H]2C[C@@H]1C2(C)C. The molecule has 0 aromatic heterocycles. The summed E-state index contributed by atoms with van der Waals surface area (Å²) in [6.45, 7) is 41.5. The highest BCUT2D eigenvalue weighted by molar-refractivity contribution is 5.98. The lowest BCUT2D eigenvalue weighted by atomic mass is 9.47. The zero-order valence-corrected chi connectivity index (χ0v) is 38.5. The molecule has 0 aromatic rings. The Hall–Kier alpha value is -2.74. The largest absolute Gasteiger partial charge is 0.295 e. The van der Waals surface area contributed by atoms with Crippen molar-refractivity contribution < 1.29 is 9.59 Å². The molecule has 2 bridgehead atoms. The molecule has 0 spiro atoms. The second-order valence-electron chi connectivity index (χ2n) is 21.9. The molecule has 57 heavy (non-hydrogen) atoms. The fourth-order valence-electron chi connectivity index (χ4n) is 12.3. The molecule has 9 aliphatic carbocycles. The molecule has 0 saturated heterocycles. The minimum atomic E-state index is 0.108. The highest BCUT2D eigenvalue weighted by Gasteiger charge is 2.51. The minimum Gasteiger partial charge on any atom is -0.295 e. The van der Waals surface area contributed by atoms with E-state index < -0.39 is 0 Å². The molecule has 0 aromatic carbocycles. The van der Waals surface area contributed by atoms with Crippen LogP contribution < -0.4 is 0 Å². The van der Waals surface area contributed by atoms with Gasteiger partial charge in [-0.05, 0) is 184 Å². The summed E-state index contributed by atoms with van der Waals surface area (Å²) in [5.74, 6) is 6.22. The van der Waals surface area contributed by atoms with Gasteiger partial charge in [-0.15, -0.1) is 0 Å². The molecule has 2 nitrogen and oxygen atoms in total.